The zero-order valence-electron chi connectivity index (χ0n) is 5.69. The van der Waals surface area contributed by atoms with E-state index in [-0.39, 0.29) is 5.82 Å². The molecule has 0 saturated carbocycles. The summed E-state index contributed by atoms with van der Waals surface area (Å²) in [7, 11) is 5.03. The summed E-state index contributed by atoms with van der Waals surface area (Å²) >= 11 is 0. The molecule has 0 aliphatic heterocycles. The maximum absolute atomic E-state index is 12.6. The van der Waals surface area contributed by atoms with Crippen LogP contribution >= 0.6 is 0 Å². The van der Waals surface area contributed by atoms with Gasteiger partial charge in [0.1, 0.15) is 5.82 Å². The number of aryl methyl sites for hydroxylation is 1. The predicted octanol–water partition coefficient (Wildman–Crippen LogP) is 2.21. The highest BCUT2D eigenvalue weighted by Gasteiger charge is 1.97. The van der Waals surface area contributed by atoms with Gasteiger partial charge in [-0.25, -0.2) is 4.39 Å². The average molecular weight is 137 g/mol. The normalized spacial score (nSPS) is 9.50. The lowest BCUT2D eigenvalue weighted by molar-refractivity contribution is 0.631. The van der Waals surface area contributed by atoms with Crippen molar-refractivity contribution in [1.82, 2.24) is 0 Å². The number of nitrogens with one attached hydrogen (secondary N) is 1. The molecule has 0 amide bonds. The number of hydrogen-bond donors (Lipinski definition) is 1. The van der Waals surface area contributed by atoms with Crippen LogP contribution in [-0.4, -0.2) is 0 Å². The molecule has 52 valence electrons. The van der Waals surface area contributed by atoms with E-state index in [1.165, 1.54) is 6.07 Å². The van der Waals surface area contributed by atoms with Crippen molar-refractivity contribution in [1.29, 1.82) is 0 Å². The van der Waals surface area contributed by atoms with Crippen LogP contribution < -0.4 is 5.32 Å². The number of halogens is 1. The zero-order chi connectivity index (χ0) is 7.56. The smallest absolute Gasteiger partial charge is 0.146 e. The van der Waals surface area contributed by atoms with E-state index in [9.17, 15) is 4.39 Å². The van der Waals surface area contributed by atoms with Crippen molar-refractivity contribution in [3.8, 4) is 0 Å². The number of hydrogen-bond acceptors (Lipinski definition) is 1. The first-order chi connectivity index (χ1) is 4.74. The third kappa shape index (κ3) is 1.26. The highest BCUT2D eigenvalue weighted by Crippen LogP contribution is 2.14. The summed E-state index contributed by atoms with van der Waals surface area (Å²) in [6.45, 7) is 1.88. The molecule has 0 heterocycles. The molecule has 1 nitrogen and oxygen atoms in total. The van der Waals surface area contributed by atoms with Crippen molar-refractivity contribution in [2.75, 3.05) is 5.32 Å². The predicted molar refractivity (Wildman–Crippen MR) is 39.1 cm³/mol. The molecule has 0 unspecified atom stereocenters. The van der Waals surface area contributed by atoms with Crippen LogP contribution in [0, 0.1) is 19.8 Å². The summed E-state index contributed by atoms with van der Waals surface area (Å²) in [5, 5.41) is 2.26. The van der Waals surface area contributed by atoms with Gasteiger partial charge in [-0.05, 0) is 24.6 Å². The van der Waals surface area contributed by atoms with Gasteiger partial charge in [-0.1, -0.05) is 6.07 Å². The van der Waals surface area contributed by atoms with Gasteiger partial charge in [0.15, 0.2) is 0 Å². The van der Waals surface area contributed by atoms with Crippen LogP contribution in [0.15, 0.2) is 18.2 Å². The monoisotopic (exact) mass is 137 g/mol. The largest absolute Gasteiger partial charge is 0.376 e. The van der Waals surface area contributed by atoms with Gasteiger partial charge in [-0.2, -0.15) is 0 Å². The van der Waals surface area contributed by atoms with Gasteiger partial charge in [-0.15, -0.1) is 0 Å². The molecule has 0 aliphatic carbocycles. The standard InChI is InChI=1S/C8H8FN/c1-6-3-4-7(9)8(5-6)10-2/h2-5,10H,1H3. The van der Waals surface area contributed by atoms with Crippen molar-refractivity contribution in [2.24, 2.45) is 0 Å². The Bertz CT molecular complexity index is 233. The molecule has 0 aromatic heterocycles. The Labute approximate surface area is 59.9 Å². The zero-order valence-corrected chi connectivity index (χ0v) is 5.69. The first-order valence-corrected chi connectivity index (χ1v) is 2.97. The fourth-order valence-electron chi connectivity index (χ4n) is 0.750. The van der Waals surface area contributed by atoms with Crippen LogP contribution in [0.3, 0.4) is 0 Å². The van der Waals surface area contributed by atoms with E-state index in [2.05, 4.69) is 5.32 Å². The Morgan fingerprint density at radius 2 is 2.20 bits per heavy atom. The molecule has 0 atom stereocenters. The van der Waals surface area contributed by atoms with E-state index in [1.807, 2.05) is 6.92 Å². The second-order valence-corrected chi connectivity index (χ2v) is 2.13. The lowest BCUT2D eigenvalue weighted by Gasteiger charge is -2.00. The van der Waals surface area contributed by atoms with Crippen molar-refractivity contribution < 1.29 is 4.39 Å². The second kappa shape index (κ2) is 2.69. The summed E-state index contributed by atoms with van der Waals surface area (Å²) in [6, 6.07) is 4.72. The highest BCUT2D eigenvalue weighted by atomic mass is 19.1. The molecule has 0 fully saturated rings. The molecule has 1 rings (SSSR count). The van der Waals surface area contributed by atoms with Crippen LogP contribution in [0.2, 0.25) is 0 Å². The van der Waals surface area contributed by atoms with E-state index in [1.54, 1.807) is 12.1 Å². The molecule has 1 aromatic rings. The van der Waals surface area contributed by atoms with Gasteiger partial charge in [0.2, 0.25) is 0 Å². The maximum Gasteiger partial charge on any atom is 0.146 e. The summed E-state index contributed by atoms with van der Waals surface area (Å²) < 4.78 is 12.6. The lowest BCUT2D eigenvalue weighted by atomic mass is 10.2. The fraction of sp³-hybridized carbons (Fsp3) is 0.125. The van der Waals surface area contributed by atoms with Crippen molar-refractivity contribution in [2.45, 2.75) is 6.92 Å². The van der Waals surface area contributed by atoms with Crippen molar-refractivity contribution in [3.05, 3.63) is 36.6 Å². The summed E-state index contributed by atoms with van der Waals surface area (Å²) in [6.07, 6.45) is 0. The Kier molecular flexibility index (Phi) is 1.90. The number of rotatable bonds is 1. The number of anilines is 1. The van der Waals surface area contributed by atoms with Gasteiger partial charge >= 0.3 is 0 Å². The minimum atomic E-state index is -0.326. The Morgan fingerprint density at radius 3 is 2.70 bits per heavy atom. The average Bonchev–Trinajstić information content (AvgIpc) is 1.94. The van der Waals surface area contributed by atoms with E-state index in [4.69, 9.17) is 7.05 Å². The molecule has 1 aromatic carbocycles. The summed E-state index contributed by atoms with van der Waals surface area (Å²) in [5.41, 5.74) is 1.31. The van der Waals surface area contributed by atoms with Crippen LogP contribution in [0.5, 0.6) is 0 Å². The summed E-state index contributed by atoms with van der Waals surface area (Å²) in [5.74, 6) is -0.326. The quantitative estimate of drug-likeness (QED) is 0.585. The van der Waals surface area contributed by atoms with Gasteiger partial charge in [-0.3, -0.25) is 0 Å². The third-order valence-corrected chi connectivity index (χ3v) is 1.28. The van der Waals surface area contributed by atoms with Crippen LogP contribution in [0.1, 0.15) is 5.56 Å². The van der Waals surface area contributed by atoms with Gasteiger partial charge < -0.3 is 5.32 Å². The minimum absolute atomic E-state index is 0.326. The van der Waals surface area contributed by atoms with Crippen LogP contribution in [0.4, 0.5) is 10.1 Å². The van der Waals surface area contributed by atoms with E-state index < -0.39 is 0 Å². The first kappa shape index (κ1) is 7.06. The van der Waals surface area contributed by atoms with Gasteiger partial charge in [0, 0.05) is 0 Å². The van der Waals surface area contributed by atoms with E-state index >= 15 is 0 Å². The molecule has 2 heteroatoms. The first-order valence-electron chi connectivity index (χ1n) is 2.97. The molecule has 2 radical (unpaired) electrons. The van der Waals surface area contributed by atoms with Gasteiger partial charge in [0.05, 0.1) is 12.7 Å². The Balaban J connectivity index is 3.09. The van der Waals surface area contributed by atoms with Crippen molar-refractivity contribution in [3.63, 3.8) is 0 Å². The molecule has 0 saturated heterocycles. The van der Waals surface area contributed by atoms with Crippen LogP contribution in [0.25, 0.3) is 0 Å². The molecule has 10 heavy (non-hydrogen) atoms. The Hall–Kier alpha value is -1.05. The molecular formula is C8H8FN. The van der Waals surface area contributed by atoms with Crippen molar-refractivity contribution >= 4 is 5.69 Å². The van der Waals surface area contributed by atoms with E-state index in [0.717, 1.165) is 5.56 Å². The molecule has 0 spiro atoms. The lowest BCUT2D eigenvalue weighted by Crippen LogP contribution is -1.89. The second-order valence-electron chi connectivity index (χ2n) is 2.13. The topological polar surface area (TPSA) is 12.0 Å². The van der Waals surface area contributed by atoms with Crippen LogP contribution in [-0.2, 0) is 0 Å². The Morgan fingerprint density at radius 1 is 1.50 bits per heavy atom. The maximum atomic E-state index is 12.6. The SMILES string of the molecule is [CH]Nc1cc(C)ccc1F. The fourth-order valence-corrected chi connectivity index (χ4v) is 0.750. The highest BCUT2D eigenvalue weighted by molar-refractivity contribution is 5.47. The number of benzene rings is 1. The van der Waals surface area contributed by atoms with Gasteiger partial charge in [0.25, 0.3) is 0 Å². The van der Waals surface area contributed by atoms with E-state index in [0.29, 0.717) is 5.69 Å². The summed E-state index contributed by atoms with van der Waals surface area (Å²) in [4.78, 5) is 0. The third-order valence-electron chi connectivity index (χ3n) is 1.28. The molecule has 0 bridgehead atoms. The molecular weight excluding hydrogens is 129 g/mol. The molecule has 0 aliphatic rings. The molecule has 1 N–H and O–H groups in total. The minimum Gasteiger partial charge on any atom is -0.376 e.